The maximum Gasteiger partial charge on any atom is 0.233 e. The Morgan fingerprint density at radius 3 is 2.50 bits per heavy atom. The van der Waals surface area contributed by atoms with E-state index >= 15 is 0 Å². The van der Waals surface area contributed by atoms with Crippen molar-refractivity contribution < 1.29 is 9.18 Å². The second-order valence-electron chi connectivity index (χ2n) is 6.40. The molecule has 0 radical (unpaired) electrons. The van der Waals surface area contributed by atoms with Gasteiger partial charge in [0.25, 0.3) is 0 Å². The van der Waals surface area contributed by atoms with E-state index in [4.69, 9.17) is 5.26 Å². The topological polar surface area (TPSA) is 57.0 Å². The highest BCUT2D eigenvalue weighted by Crippen LogP contribution is 2.43. The van der Waals surface area contributed by atoms with Crippen LogP contribution < -0.4 is 0 Å². The summed E-state index contributed by atoms with van der Waals surface area (Å²) in [4.78, 5) is 19.0. The predicted octanol–water partition coefficient (Wildman–Crippen LogP) is 2.75. The summed E-state index contributed by atoms with van der Waals surface area (Å²) in [7, 11) is 0. The minimum absolute atomic E-state index is 0.0815. The summed E-state index contributed by atoms with van der Waals surface area (Å²) in [6.07, 6.45) is 7.42. The molecule has 4 nitrogen and oxygen atoms in total. The maximum absolute atomic E-state index is 14.0. The van der Waals surface area contributed by atoms with Gasteiger partial charge in [0.15, 0.2) is 5.67 Å². The molecular weight excluding hydrogens is 281 g/mol. The highest BCUT2D eigenvalue weighted by atomic mass is 19.1. The third kappa shape index (κ3) is 2.47. The number of rotatable bonds is 2. The fraction of sp³-hybridized carbons (Fsp3) is 0.588. The molecule has 0 spiro atoms. The van der Waals surface area contributed by atoms with Gasteiger partial charge in [-0.3, -0.25) is 9.78 Å². The SMILES string of the molecule is N#CC1(F)CCN(C(=O)C2(c3cccnc3)CCCC2)CC1. The molecule has 1 saturated heterocycles. The molecule has 22 heavy (non-hydrogen) atoms. The quantitative estimate of drug-likeness (QED) is 0.844. The molecule has 1 aromatic rings. The van der Waals surface area contributed by atoms with Crippen molar-refractivity contribution in [1.82, 2.24) is 9.88 Å². The van der Waals surface area contributed by atoms with E-state index in [0.29, 0.717) is 13.1 Å². The second kappa shape index (κ2) is 5.68. The molecular formula is C17H20FN3O. The Morgan fingerprint density at radius 1 is 1.27 bits per heavy atom. The summed E-state index contributed by atoms with van der Waals surface area (Å²) in [5.41, 5.74) is -1.31. The molecule has 3 rings (SSSR count). The Bertz CT molecular complexity index is 582. The van der Waals surface area contributed by atoms with Crippen LogP contribution in [0, 0.1) is 11.3 Å². The summed E-state index contributed by atoms with van der Waals surface area (Å²) >= 11 is 0. The third-order valence-corrected chi connectivity index (χ3v) is 5.12. The molecule has 5 heteroatoms. The lowest BCUT2D eigenvalue weighted by molar-refractivity contribution is -0.139. The number of nitrogens with zero attached hydrogens (tertiary/aromatic N) is 3. The third-order valence-electron chi connectivity index (χ3n) is 5.12. The Kier molecular flexibility index (Phi) is 3.86. The van der Waals surface area contributed by atoms with Crippen LogP contribution in [0.1, 0.15) is 44.1 Å². The first-order valence-corrected chi connectivity index (χ1v) is 7.90. The first kappa shape index (κ1) is 15.0. The number of carbonyl (C=O) groups excluding carboxylic acids is 1. The molecule has 0 unspecified atom stereocenters. The highest BCUT2D eigenvalue weighted by molar-refractivity contribution is 5.88. The van der Waals surface area contributed by atoms with Crippen LogP contribution in [0.2, 0.25) is 0 Å². The van der Waals surface area contributed by atoms with Crippen molar-refractivity contribution in [2.24, 2.45) is 0 Å². The molecule has 0 atom stereocenters. The summed E-state index contributed by atoms with van der Waals surface area (Å²) < 4.78 is 14.0. The van der Waals surface area contributed by atoms with Crippen LogP contribution in [-0.2, 0) is 10.2 Å². The lowest BCUT2D eigenvalue weighted by Crippen LogP contribution is -2.51. The van der Waals surface area contributed by atoms with Gasteiger partial charge in [-0.25, -0.2) is 4.39 Å². The molecule has 1 aliphatic heterocycles. The first-order chi connectivity index (χ1) is 10.6. The van der Waals surface area contributed by atoms with Gasteiger partial charge in [0.1, 0.15) is 6.07 Å². The summed E-state index contributed by atoms with van der Waals surface area (Å²) in [6, 6.07) is 5.57. The van der Waals surface area contributed by atoms with Crippen LogP contribution in [0.25, 0.3) is 0 Å². The number of carbonyl (C=O) groups is 1. The van der Waals surface area contributed by atoms with E-state index < -0.39 is 11.1 Å². The van der Waals surface area contributed by atoms with E-state index in [1.165, 1.54) is 0 Å². The summed E-state index contributed by atoms with van der Waals surface area (Å²) in [6.45, 7) is 0.649. The average Bonchev–Trinajstić information content (AvgIpc) is 3.07. The van der Waals surface area contributed by atoms with Crippen molar-refractivity contribution in [3.05, 3.63) is 30.1 Å². The molecule has 0 bridgehead atoms. The molecule has 116 valence electrons. The van der Waals surface area contributed by atoms with Crippen molar-refractivity contribution in [2.45, 2.75) is 49.6 Å². The molecule has 1 amide bonds. The van der Waals surface area contributed by atoms with Gasteiger partial charge in [0.05, 0.1) is 5.41 Å². The number of likely N-dealkylation sites (tertiary alicyclic amines) is 1. The van der Waals surface area contributed by atoms with Crippen molar-refractivity contribution in [2.75, 3.05) is 13.1 Å². The van der Waals surface area contributed by atoms with Gasteiger partial charge < -0.3 is 4.90 Å². The fourth-order valence-corrected chi connectivity index (χ4v) is 3.73. The Morgan fingerprint density at radius 2 is 1.95 bits per heavy atom. The minimum Gasteiger partial charge on any atom is -0.342 e. The number of hydrogen-bond donors (Lipinski definition) is 0. The number of alkyl halides is 1. The van der Waals surface area contributed by atoms with Crippen molar-refractivity contribution in [3.63, 3.8) is 0 Å². The van der Waals surface area contributed by atoms with E-state index in [2.05, 4.69) is 4.98 Å². The lowest BCUT2D eigenvalue weighted by atomic mass is 9.77. The number of piperidine rings is 1. The Hall–Kier alpha value is -1.96. The molecule has 0 aromatic carbocycles. The van der Waals surface area contributed by atoms with Crippen LogP contribution in [0.5, 0.6) is 0 Å². The van der Waals surface area contributed by atoms with Gasteiger partial charge in [0, 0.05) is 38.3 Å². The largest absolute Gasteiger partial charge is 0.342 e. The number of amides is 1. The van der Waals surface area contributed by atoms with Gasteiger partial charge in [-0.1, -0.05) is 18.9 Å². The normalized spacial score (nSPS) is 23.0. The highest BCUT2D eigenvalue weighted by Gasteiger charge is 2.47. The van der Waals surface area contributed by atoms with Gasteiger partial charge in [-0.2, -0.15) is 5.26 Å². The van der Waals surface area contributed by atoms with Gasteiger partial charge in [0.2, 0.25) is 5.91 Å². The van der Waals surface area contributed by atoms with E-state index in [1.54, 1.807) is 23.4 Å². The monoisotopic (exact) mass is 301 g/mol. The zero-order valence-corrected chi connectivity index (χ0v) is 12.6. The van der Waals surface area contributed by atoms with Crippen LogP contribution in [0.4, 0.5) is 4.39 Å². The molecule has 1 aromatic heterocycles. The van der Waals surface area contributed by atoms with Crippen molar-refractivity contribution in [1.29, 1.82) is 5.26 Å². The van der Waals surface area contributed by atoms with E-state index in [0.717, 1.165) is 31.2 Å². The van der Waals surface area contributed by atoms with E-state index in [9.17, 15) is 9.18 Å². The smallest absolute Gasteiger partial charge is 0.233 e. The van der Waals surface area contributed by atoms with Crippen LogP contribution in [0.15, 0.2) is 24.5 Å². The summed E-state index contributed by atoms with van der Waals surface area (Å²) in [5.74, 6) is 0.0815. The lowest BCUT2D eigenvalue weighted by Gasteiger charge is -2.39. The maximum atomic E-state index is 14.0. The van der Waals surface area contributed by atoms with E-state index in [1.807, 2.05) is 12.1 Å². The minimum atomic E-state index is -1.77. The van der Waals surface area contributed by atoms with Crippen LogP contribution >= 0.6 is 0 Å². The van der Waals surface area contributed by atoms with E-state index in [-0.39, 0.29) is 18.7 Å². The van der Waals surface area contributed by atoms with Gasteiger partial charge in [-0.15, -0.1) is 0 Å². The Balaban J connectivity index is 1.82. The number of aromatic nitrogens is 1. The van der Waals surface area contributed by atoms with Crippen molar-refractivity contribution in [3.8, 4) is 6.07 Å². The number of hydrogen-bond acceptors (Lipinski definition) is 3. The molecule has 1 saturated carbocycles. The predicted molar refractivity (Wildman–Crippen MR) is 79.6 cm³/mol. The van der Waals surface area contributed by atoms with Crippen molar-refractivity contribution >= 4 is 5.91 Å². The Labute approximate surface area is 129 Å². The van der Waals surface area contributed by atoms with Crippen LogP contribution in [0.3, 0.4) is 0 Å². The number of halogens is 1. The molecule has 2 fully saturated rings. The van der Waals surface area contributed by atoms with Gasteiger partial charge >= 0.3 is 0 Å². The standard InChI is InChI=1S/C17H20FN3O/c18-16(13-19)7-10-21(11-8-16)15(22)17(5-1-2-6-17)14-4-3-9-20-12-14/h3-4,9,12H,1-2,5-8,10-11H2. The first-order valence-electron chi connectivity index (χ1n) is 7.90. The number of pyridine rings is 1. The molecule has 1 aliphatic carbocycles. The molecule has 0 N–H and O–H groups in total. The zero-order valence-electron chi connectivity index (χ0n) is 12.6. The zero-order chi connectivity index (χ0) is 15.6. The second-order valence-corrected chi connectivity index (χ2v) is 6.40. The van der Waals surface area contributed by atoms with Crippen LogP contribution in [-0.4, -0.2) is 34.5 Å². The molecule has 2 aliphatic rings. The van der Waals surface area contributed by atoms with Gasteiger partial charge in [-0.05, 0) is 24.5 Å². The fourth-order valence-electron chi connectivity index (χ4n) is 3.73. The summed E-state index contributed by atoms with van der Waals surface area (Å²) in [5, 5.41) is 8.88. The molecule has 2 heterocycles. The number of nitriles is 1. The average molecular weight is 301 g/mol.